The van der Waals surface area contributed by atoms with Crippen LogP contribution in [0.1, 0.15) is 28.6 Å². The summed E-state index contributed by atoms with van der Waals surface area (Å²) in [5.41, 5.74) is 9.63. The molecule has 0 spiro atoms. The van der Waals surface area contributed by atoms with E-state index in [1.165, 1.54) is 0 Å². The van der Waals surface area contributed by atoms with Crippen LogP contribution in [0, 0.1) is 20.8 Å². The number of likely N-dealkylation sites (tertiary alicyclic amines) is 1. The molecule has 2 heterocycles. The molecule has 1 fully saturated rings. The quantitative estimate of drug-likeness (QED) is 0.883. The van der Waals surface area contributed by atoms with Gasteiger partial charge in [-0.05, 0) is 32.4 Å². The van der Waals surface area contributed by atoms with E-state index in [1.54, 1.807) is 4.90 Å². The van der Waals surface area contributed by atoms with Crippen LogP contribution in [0.25, 0.3) is 0 Å². The number of rotatable bonds is 4. The molecule has 3 rings (SSSR count). The van der Waals surface area contributed by atoms with E-state index >= 15 is 0 Å². The van der Waals surface area contributed by atoms with Crippen LogP contribution >= 0.6 is 12.4 Å². The van der Waals surface area contributed by atoms with E-state index in [4.69, 9.17) is 10.5 Å². The van der Waals surface area contributed by atoms with Gasteiger partial charge < -0.3 is 15.4 Å². The van der Waals surface area contributed by atoms with Crippen LogP contribution in [0.4, 0.5) is 0 Å². The number of hydrogen-bond donors (Lipinski definition) is 2. The van der Waals surface area contributed by atoms with Gasteiger partial charge in [-0.1, -0.05) is 18.2 Å². The van der Waals surface area contributed by atoms with Crippen molar-refractivity contribution in [1.29, 1.82) is 0 Å². The van der Waals surface area contributed by atoms with Gasteiger partial charge in [0.1, 0.15) is 17.9 Å². The Balaban J connectivity index is 0.00000208. The Labute approximate surface area is 147 Å². The highest BCUT2D eigenvalue weighted by molar-refractivity contribution is 5.85. The first kappa shape index (κ1) is 18.3. The van der Waals surface area contributed by atoms with E-state index in [0.29, 0.717) is 13.1 Å². The molecule has 1 amide bonds. The lowest BCUT2D eigenvalue weighted by Gasteiger charge is -2.40. The van der Waals surface area contributed by atoms with Crippen molar-refractivity contribution in [1.82, 2.24) is 15.1 Å². The molecule has 1 atom stereocenters. The first-order valence-electron chi connectivity index (χ1n) is 7.75. The largest absolute Gasteiger partial charge is 0.486 e. The Hall–Kier alpha value is -2.05. The van der Waals surface area contributed by atoms with Crippen molar-refractivity contribution in [2.24, 2.45) is 5.73 Å². The van der Waals surface area contributed by atoms with Crippen molar-refractivity contribution in [2.75, 3.05) is 13.1 Å². The van der Waals surface area contributed by atoms with E-state index in [-0.39, 0.29) is 24.4 Å². The summed E-state index contributed by atoms with van der Waals surface area (Å²) in [5, 5.41) is 6.97. The molecule has 1 unspecified atom stereocenters. The van der Waals surface area contributed by atoms with Crippen LogP contribution in [0.3, 0.4) is 0 Å². The maximum atomic E-state index is 12.5. The molecule has 1 aromatic carbocycles. The van der Waals surface area contributed by atoms with Gasteiger partial charge in [0, 0.05) is 11.3 Å². The molecule has 130 valence electrons. The number of carbonyl (C=O) groups is 1. The molecule has 0 bridgehead atoms. The van der Waals surface area contributed by atoms with Gasteiger partial charge in [-0.15, -0.1) is 12.4 Å². The number of amides is 1. The molecule has 6 nitrogen and oxygen atoms in total. The second-order valence-corrected chi connectivity index (χ2v) is 6.07. The van der Waals surface area contributed by atoms with Crippen molar-refractivity contribution >= 4 is 18.3 Å². The van der Waals surface area contributed by atoms with E-state index in [0.717, 1.165) is 28.3 Å². The lowest BCUT2D eigenvalue weighted by Crippen LogP contribution is -2.58. The molecule has 1 aliphatic heterocycles. The third-order valence-electron chi connectivity index (χ3n) is 4.31. The average molecular weight is 351 g/mol. The second-order valence-electron chi connectivity index (χ2n) is 6.07. The fourth-order valence-corrected chi connectivity index (χ4v) is 2.90. The van der Waals surface area contributed by atoms with Crippen LogP contribution in [0.2, 0.25) is 0 Å². The normalized spacial score (nSPS) is 15.4. The summed E-state index contributed by atoms with van der Waals surface area (Å²) in [7, 11) is 0. The Kier molecular flexibility index (Phi) is 5.51. The maximum absolute atomic E-state index is 12.5. The van der Waals surface area contributed by atoms with Gasteiger partial charge in [-0.2, -0.15) is 5.10 Å². The molecular weight excluding hydrogens is 328 g/mol. The SMILES string of the molecule is Cc1ccccc1OC1CN(C(=O)C(N)c2c(C)n[nH]c2C)C1.Cl. The summed E-state index contributed by atoms with van der Waals surface area (Å²) in [5.74, 6) is 0.789. The van der Waals surface area contributed by atoms with Crippen LogP contribution in [-0.4, -0.2) is 40.2 Å². The van der Waals surface area contributed by atoms with E-state index in [1.807, 2.05) is 45.0 Å². The molecular formula is C17H23ClN4O2. The molecule has 2 aromatic rings. The first-order valence-corrected chi connectivity index (χ1v) is 7.75. The fourth-order valence-electron chi connectivity index (χ4n) is 2.90. The van der Waals surface area contributed by atoms with Crippen molar-refractivity contribution in [3.05, 3.63) is 46.8 Å². The summed E-state index contributed by atoms with van der Waals surface area (Å²) in [6, 6.07) is 7.21. The highest BCUT2D eigenvalue weighted by Crippen LogP contribution is 2.25. The first-order chi connectivity index (χ1) is 11.0. The summed E-state index contributed by atoms with van der Waals surface area (Å²) >= 11 is 0. The standard InChI is InChI=1S/C17H22N4O2.ClH/c1-10-6-4-5-7-14(10)23-13-8-21(9-13)17(22)16(18)15-11(2)19-20-12(15)3;/h4-7,13,16H,8-9,18H2,1-3H3,(H,19,20);1H. The maximum Gasteiger partial charge on any atom is 0.244 e. The fraction of sp³-hybridized carbons (Fsp3) is 0.412. The number of aromatic amines is 1. The third-order valence-corrected chi connectivity index (χ3v) is 4.31. The molecule has 3 N–H and O–H groups in total. The topological polar surface area (TPSA) is 84.2 Å². The molecule has 0 radical (unpaired) electrons. The smallest absolute Gasteiger partial charge is 0.244 e. The predicted molar refractivity (Wildman–Crippen MR) is 94.4 cm³/mol. The molecule has 7 heteroatoms. The number of benzene rings is 1. The number of para-hydroxylation sites is 1. The van der Waals surface area contributed by atoms with Crippen LogP contribution < -0.4 is 10.5 Å². The van der Waals surface area contributed by atoms with E-state index in [2.05, 4.69) is 10.2 Å². The molecule has 24 heavy (non-hydrogen) atoms. The lowest BCUT2D eigenvalue weighted by atomic mass is 10.0. The second kappa shape index (κ2) is 7.23. The summed E-state index contributed by atoms with van der Waals surface area (Å²) in [4.78, 5) is 14.2. The number of halogens is 1. The van der Waals surface area contributed by atoms with Gasteiger partial charge in [0.25, 0.3) is 0 Å². The number of nitrogens with two attached hydrogens (primary N) is 1. The zero-order valence-electron chi connectivity index (χ0n) is 14.1. The predicted octanol–water partition coefficient (Wildman–Crippen LogP) is 2.05. The van der Waals surface area contributed by atoms with Crippen molar-refractivity contribution in [3.63, 3.8) is 0 Å². The monoisotopic (exact) mass is 350 g/mol. The minimum atomic E-state index is -0.673. The van der Waals surface area contributed by atoms with E-state index in [9.17, 15) is 4.79 Å². The highest BCUT2D eigenvalue weighted by Gasteiger charge is 2.36. The van der Waals surface area contributed by atoms with Crippen molar-refractivity contribution in [2.45, 2.75) is 32.9 Å². The zero-order valence-corrected chi connectivity index (χ0v) is 14.9. The van der Waals surface area contributed by atoms with Crippen LogP contribution in [-0.2, 0) is 4.79 Å². The molecule has 0 saturated carbocycles. The zero-order chi connectivity index (χ0) is 16.6. The number of nitrogens with one attached hydrogen (secondary N) is 1. The molecule has 1 aliphatic rings. The van der Waals surface area contributed by atoms with Gasteiger partial charge in [-0.3, -0.25) is 9.89 Å². The van der Waals surface area contributed by atoms with Crippen molar-refractivity contribution < 1.29 is 9.53 Å². The van der Waals surface area contributed by atoms with Gasteiger partial charge in [0.2, 0.25) is 5.91 Å². The Bertz CT molecular complexity index is 706. The number of ether oxygens (including phenoxy) is 1. The summed E-state index contributed by atoms with van der Waals surface area (Å²) in [6.45, 7) is 6.87. The van der Waals surface area contributed by atoms with Crippen LogP contribution in [0.5, 0.6) is 5.75 Å². The van der Waals surface area contributed by atoms with Gasteiger partial charge >= 0.3 is 0 Å². The number of nitrogens with zero attached hydrogens (tertiary/aromatic N) is 2. The minimum absolute atomic E-state index is 0. The number of H-pyrrole nitrogens is 1. The molecule has 1 aromatic heterocycles. The minimum Gasteiger partial charge on any atom is -0.486 e. The summed E-state index contributed by atoms with van der Waals surface area (Å²) < 4.78 is 5.93. The average Bonchev–Trinajstić information content (AvgIpc) is 2.82. The third kappa shape index (κ3) is 3.39. The van der Waals surface area contributed by atoms with Crippen molar-refractivity contribution in [3.8, 4) is 5.75 Å². The molecule has 1 saturated heterocycles. The van der Waals surface area contributed by atoms with Gasteiger partial charge in [0.05, 0.1) is 18.8 Å². The molecule has 0 aliphatic carbocycles. The number of aromatic nitrogens is 2. The number of carbonyl (C=O) groups excluding carboxylic acids is 1. The van der Waals surface area contributed by atoms with Crippen LogP contribution in [0.15, 0.2) is 24.3 Å². The van der Waals surface area contributed by atoms with E-state index < -0.39 is 6.04 Å². The number of aryl methyl sites for hydroxylation is 3. The lowest BCUT2D eigenvalue weighted by molar-refractivity contribution is -0.141. The number of hydrogen-bond acceptors (Lipinski definition) is 4. The van der Waals surface area contributed by atoms with Gasteiger partial charge in [0.15, 0.2) is 0 Å². The summed E-state index contributed by atoms with van der Waals surface area (Å²) in [6.07, 6.45) is 0.0267. The van der Waals surface area contributed by atoms with Gasteiger partial charge in [-0.25, -0.2) is 0 Å². The Morgan fingerprint density at radius 1 is 1.33 bits per heavy atom. The highest BCUT2D eigenvalue weighted by atomic mass is 35.5. The Morgan fingerprint density at radius 3 is 2.58 bits per heavy atom. The Morgan fingerprint density at radius 2 is 2.00 bits per heavy atom.